The van der Waals surface area contributed by atoms with Gasteiger partial charge in [0.05, 0.1) is 11.3 Å². The maximum absolute atomic E-state index is 11.9. The van der Waals surface area contributed by atoms with Crippen molar-refractivity contribution < 1.29 is 31.5 Å². The summed E-state index contributed by atoms with van der Waals surface area (Å²) in [5.41, 5.74) is -0.134. The number of nitrogens with zero attached hydrogens (tertiary/aromatic N) is 1. The van der Waals surface area contributed by atoms with Crippen LogP contribution in [0.3, 0.4) is 0 Å². The van der Waals surface area contributed by atoms with Crippen LogP contribution in [0.15, 0.2) is 18.3 Å². The molecule has 6 nitrogen and oxygen atoms in total. The van der Waals surface area contributed by atoms with E-state index < -0.39 is 40.8 Å². The van der Waals surface area contributed by atoms with E-state index in [1.54, 1.807) is 0 Å². The summed E-state index contributed by atoms with van der Waals surface area (Å²) in [6, 6.07) is 2.24. The number of carbonyl (C=O) groups is 1. The lowest BCUT2D eigenvalue weighted by Gasteiger charge is -2.08. The highest BCUT2D eigenvalue weighted by Crippen LogP contribution is 2.21. The number of hydrogen-bond acceptors (Lipinski definition) is 4. The van der Waals surface area contributed by atoms with Crippen molar-refractivity contribution in [2.75, 3.05) is 10.5 Å². The van der Waals surface area contributed by atoms with Gasteiger partial charge in [0.15, 0.2) is 0 Å². The Morgan fingerprint density at radius 1 is 1.35 bits per heavy atom. The van der Waals surface area contributed by atoms with Gasteiger partial charge in [-0.15, -0.1) is 0 Å². The van der Waals surface area contributed by atoms with Gasteiger partial charge in [0.2, 0.25) is 10.0 Å². The first kappa shape index (κ1) is 16.2. The van der Waals surface area contributed by atoms with Crippen LogP contribution >= 0.6 is 0 Å². The van der Waals surface area contributed by atoms with E-state index in [9.17, 15) is 26.4 Å². The molecule has 0 saturated heterocycles. The maximum atomic E-state index is 11.9. The largest absolute Gasteiger partial charge is 0.478 e. The van der Waals surface area contributed by atoms with E-state index in [2.05, 4.69) is 4.98 Å². The van der Waals surface area contributed by atoms with Gasteiger partial charge in [-0.25, -0.2) is 18.2 Å². The summed E-state index contributed by atoms with van der Waals surface area (Å²) >= 11 is 0. The monoisotopic (exact) mass is 312 g/mol. The van der Waals surface area contributed by atoms with E-state index in [1.165, 1.54) is 0 Å². The molecule has 112 valence electrons. The van der Waals surface area contributed by atoms with E-state index in [1.807, 2.05) is 4.72 Å². The summed E-state index contributed by atoms with van der Waals surface area (Å²) in [4.78, 5) is 14.1. The topological polar surface area (TPSA) is 96.4 Å². The van der Waals surface area contributed by atoms with Crippen molar-refractivity contribution in [3.8, 4) is 0 Å². The lowest BCUT2D eigenvalue weighted by molar-refractivity contribution is -0.134. The molecule has 0 radical (unpaired) electrons. The molecule has 0 atom stereocenters. The van der Waals surface area contributed by atoms with Crippen molar-refractivity contribution in [2.45, 2.75) is 19.0 Å². The minimum atomic E-state index is -4.41. The molecule has 0 amide bonds. The van der Waals surface area contributed by atoms with E-state index in [0.717, 1.165) is 18.3 Å². The first-order chi connectivity index (χ1) is 9.09. The summed E-state index contributed by atoms with van der Waals surface area (Å²) in [6.45, 7) is 0. The molecular formula is C10H11F3N2O4S. The fraction of sp³-hybridized carbons (Fsp3) is 0.400. The van der Waals surface area contributed by atoms with Gasteiger partial charge in [0.25, 0.3) is 0 Å². The molecule has 0 aliphatic rings. The smallest absolute Gasteiger partial charge is 0.389 e. The second-order valence-corrected chi connectivity index (χ2v) is 5.72. The van der Waals surface area contributed by atoms with Gasteiger partial charge in [-0.3, -0.25) is 4.72 Å². The number of rotatable bonds is 6. The standard InChI is InChI=1S/C10H11F3N2O4S/c11-10(12,13)4-1-5-20(18,19)15-8-3-2-7(6-14-8)9(16)17/h2-3,6H,1,4-5H2,(H,14,15)(H,16,17). The van der Waals surface area contributed by atoms with Crippen LogP contribution in [0.2, 0.25) is 0 Å². The van der Waals surface area contributed by atoms with Crippen molar-refractivity contribution in [3.63, 3.8) is 0 Å². The molecule has 1 aromatic heterocycles. The van der Waals surface area contributed by atoms with E-state index in [0.29, 0.717) is 0 Å². The number of pyridine rings is 1. The summed E-state index contributed by atoms with van der Waals surface area (Å²) in [5, 5.41) is 8.62. The molecule has 10 heteroatoms. The van der Waals surface area contributed by atoms with Crippen LogP contribution in [0.1, 0.15) is 23.2 Å². The minimum absolute atomic E-state index is 0.134. The average Bonchev–Trinajstić information content (AvgIpc) is 2.26. The van der Waals surface area contributed by atoms with Crippen LogP contribution in [-0.4, -0.2) is 36.4 Å². The summed E-state index contributed by atoms with van der Waals surface area (Å²) in [6.07, 6.45) is -5.22. The van der Waals surface area contributed by atoms with Crippen LogP contribution in [-0.2, 0) is 10.0 Å². The summed E-state index contributed by atoms with van der Waals surface area (Å²) < 4.78 is 60.6. The highest BCUT2D eigenvalue weighted by atomic mass is 32.2. The molecule has 20 heavy (non-hydrogen) atoms. The van der Waals surface area contributed by atoms with Gasteiger partial charge < -0.3 is 5.11 Å². The molecule has 0 unspecified atom stereocenters. The summed E-state index contributed by atoms with van der Waals surface area (Å²) in [5.74, 6) is -2.08. The van der Waals surface area contributed by atoms with Gasteiger partial charge in [-0.05, 0) is 18.6 Å². The zero-order chi connectivity index (χ0) is 15.4. The average molecular weight is 312 g/mol. The van der Waals surface area contributed by atoms with Crippen LogP contribution in [0.25, 0.3) is 0 Å². The molecule has 0 aliphatic heterocycles. The van der Waals surface area contributed by atoms with Crippen molar-refractivity contribution >= 4 is 21.8 Å². The molecule has 2 N–H and O–H groups in total. The molecule has 1 rings (SSSR count). The van der Waals surface area contributed by atoms with Crippen LogP contribution < -0.4 is 4.72 Å². The highest BCUT2D eigenvalue weighted by Gasteiger charge is 2.27. The molecule has 1 aromatic rings. The third kappa shape index (κ3) is 5.87. The molecule has 0 bridgehead atoms. The fourth-order valence-corrected chi connectivity index (χ4v) is 2.32. The first-order valence-corrected chi connectivity index (χ1v) is 7.01. The van der Waals surface area contributed by atoms with Gasteiger partial charge in [-0.1, -0.05) is 0 Å². The zero-order valence-electron chi connectivity index (χ0n) is 10.0. The van der Waals surface area contributed by atoms with Crippen molar-refractivity contribution in [3.05, 3.63) is 23.9 Å². The normalized spacial score (nSPS) is 12.2. The van der Waals surface area contributed by atoms with E-state index >= 15 is 0 Å². The minimum Gasteiger partial charge on any atom is -0.478 e. The van der Waals surface area contributed by atoms with Gasteiger partial charge >= 0.3 is 12.1 Å². The van der Waals surface area contributed by atoms with Crippen molar-refractivity contribution in [2.24, 2.45) is 0 Å². The number of sulfonamides is 1. The molecule has 1 heterocycles. The summed E-state index contributed by atoms with van der Waals surface area (Å²) in [7, 11) is -3.95. The number of aromatic carboxylic acids is 1. The number of halogens is 3. The third-order valence-electron chi connectivity index (χ3n) is 2.14. The Morgan fingerprint density at radius 2 is 2.00 bits per heavy atom. The molecule has 0 saturated carbocycles. The lowest BCUT2D eigenvalue weighted by atomic mass is 10.3. The third-order valence-corrected chi connectivity index (χ3v) is 3.49. The second kappa shape index (κ2) is 6.07. The molecular weight excluding hydrogens is 301 g/mol. The molecule has 0 fully saturated rings. The van der Waals surface area contributed by atoms with E-state index in [-0.39, 0.29) is 11.4 Å². The highest BCUT2D eigenvalue weighted by molar-refractivity contribution is 7.92. The number of anilines is 1. The number of alkyl halides is 3. The van der Waals surface area contributed by atoms with Crippen molar-refractivity contribution in [1.29, 1.82) is 0 Å². The Hall–Kier alpha value is -1.84. The number of nitrogens with one attached hydrogen (secondary N) is 1. The Kier molecular flexibility index (Phi) is 4.93. The molecule has 0 aromatic carbocycles. The predicted molar refractivity (Wildman–Crippen MR) is 63.9 cm³/mol. The Labute approximate surface area is 112 Å². The second-order valence-electron chi connectivity index (χ2n) is 3.88. The molecule has 0 spiro atoms. The first-order valence-electron chi connectivity index (χ1n) is 5.36. The Bertz CT molecular complexity index is 569. The van der Waals surface area contributed by atoms with Crippen LogP contribution in [0.4, 0.5) is 19.0 Å². The quantitative estimate of drug-likeness (QED) is 0.836. The van der Waals surface area contributed by atoms with Crippen molar-refractivity contribution in [1.82, 2.24) is 4.98 Å². The zero-order valence-corrected chi connectivity index (χ0v) is 10.8. The van der Waals surface area contributed by atoms with Gasteiger partial charge in [0, 0.05) is 12.6 Å². The number of carboxylic acid groups (broad SMARTS) is 1. The number of hydrogen-bond donors (Lipinski definition) is 2. The SMILES string of the molecule is O=C(O)c1ccc(NS(=O)(=O)CCCC(F)(F)F)nc1. The van der Waals surface area contributed by atoms with Crippen LogP contribution in [0, 0.1) is 0 Å². The Balaban J connectivity index is 2.60. The maximum Gasteiger partial charge on any atom is 0.389 e. The van der Waals surface area contributed by atoms with Gasteiger partial charge in [0.1, 0.15) is 5.82 Å². The number of carboxylic acids is 1. The predicted octanol–water partition coefficient (Wildman–Crippen LogP) is 1.86. The number of aromatic nitrogens is 1. The Morgan fingerprint density at radius 3 is 2.45 bits per heavy atom. The van der Waals surface area contributed by atoms with E-state index in [4.69, 9.17) is 5.11 Å². The fourth-order valence-electron chi connectivity index (χ4n) is 1.25. The van der Waals surface area contributed by atoms with Gasteiger partial charge in [-0.2, -0.15) is 13.2 Å². The lowest BCUT2D eigenvalue weighted by Crippen LogP contribution is -2.19. The van der Waals surface area contributed by atoms with Crippen LogP contribution in [0.5, 0.6) is 0 Å². The molecule has 0 aliphatic carbocycles.